The van der Waals surface area contributed by atoms with Crippen molar-refractivity contribution in [3.8, 4) is 11.3 Å². The number of ether oxygens (including phenoxy) is 1. The van der Waals surface area contributed by atoms with Crippen molar-refractivity contribution in [1.82, 2.24) is 19.7 Å². The molecule has 8 heteroatoms. The van der Waals surface area contributed by atoms with Crippen LogP contribution in [0.5, 0.6) is 0 Å². The predicted molar refractivity (Wildman–Crippen MR) is 173 cm³/mol. The zero-order chi connectivity index (χ0) is 29.9. The maximum Gasteiger partial charge on any atom is 0.251 e. The van der Waals surface area contributed by atoms with E-state index in [1.54, 1.807) is 11.3 Å². The number of aromatic amines is 1. The molecule has 1 aromatic carbocycles. The van der Waals surface area contributed by atoms with Gasteiger partial charge in [-0.1, -0.05) is 17.2 Å². The molecule has 0 aliphatic carbocycles. The normalized spacial score (nSPS) is 24.5. The van der Waals surface area contributed by atoms with Crippen LogP contribution in [0.1, 0.15) is 73.9 Å². The smallest absolute Gasteiger partial charge is 0.251 e. The van der Waals surface area contributed by atoms with Crippen molar-refractivity contribution >= 4 is 33.4 Å². The quantitative estimate of drug-likeness (QED) is 0.371. The SMILES string of the molecule is Cc1cc(C)cc(-c2[nH]c3sc(C(C)(C)C(=O)N4C5CCC4CC5)cc3c2CCN2CCN(C(=O)C3CCCO3)CC2)c1. The highest BCUT2D eigenvalue weighted by Gasteiger charge is 2.47. The van der Waals surface area contributed by atoms with Crippen molar-refractivity contribution in [2.75, 3.05) is 39.3 Å². The van der Waals surface area contributed by atoms with E-state index in [4.69, 9.17) is 4.74 Å². The Morgan fingerprint density at radius 3 is 2.26 bits per heavy atom. The molecule has 3 aromatic rings. The van der Waals surface area contributed by atoms with Gasteiger partial charge >= 0.3 is 0 Å². The second-order valence-corrected chi connectivity index (χ2v) is 15.0. The van der Waals surface area contributed by atoms with Crippen molar-refractivity contribution in [2.45, 2.75) is 96.2 Å². The number of fused-ring (bicyclic) bond motifs is 3. The zero-order valence-electron chi connectivity index (χ0n) is 26.2. The van der Waals surface area contributed by atoms with Crippen LogP contribution >= 0.6 is 11.3 Å². The van der Waals surface area contributed by atoms with Gasteiger partial charge in [-0.3, -0.25) is 14.5 Å². The highest BCUT2D eigenvalue weighted by Crippen LogP contribution is 2.44. The lowest BCUT2D eigenvalue weighted by atomic mass is 9.88. The number of aryl methyl sites for hydroxylation is 2. The highest BCUT2D eigenvalue weighted by atomic mass is 32.1. The number of piperazine rings is 1. The fraction of sp³-hybridized carbons (Fsp3) is 0.600. The number of hydrogen-bond acceptors (Lipinski definition) is 5. The molecule has 2 amide bonds. The van der Waals surface area contributed by atoms with Crippen LogP contribution < -0.4 is 0 Å². The number of carbonyl (C=O) groups is 2. The van der Waals surface area contributed by atoms with E-state index in [2.05, 4.69) is 66.7 Å². The van der Waals surface area contributed by atoms with Gasteiger partial charge in [-0.15, -0.1) is 11.3 Å². The molecule has 7 nitrogen and oxygen atoms in total. The number of thiophene rings is 1. The molecule has 4 fully saturated rings. The molecule has 6 heterocycles. The summed E-state index contributed by atoms with van der Waals surface area (Å²) in [6.45, 7) is 13.5. The van der Waals surface area contributed by atoms with Crippen molar-refractivity contribution < 1.29 is 14.3 Å². The molecule has 0 radical (unpaired) electrons. The Hall–Kier alpha value is -2.68. The Labute approximate surface area is 259 Å². The average molecular weight is 603 g/mol. The Morgan fingerprint density at radius 1 is 0.953 bits per heavy atom. The third-order valence-corrected chi connectivity index (χ3v) is 11.9. The molecular formula is C35H46N4O3S. The predicted octanol–water partition coefficient (Wildman–Crippen LogP) is 5.81. The standard InChI is InChI=1S/C35H46N4O3S/c1-22-18-23(2)20-24(19-22)31-27(11-12-37-13-15-38(16-14-37)33(40)29-6-5-17-42-29)28-21-30(43-32(28)36-31)35(3,4)34(41)39-25-7-8-26(39)10-9-25/h18-21,25-26,29,36H,5-17H2,1-4H3. The van der Waals surface area contributed by atoms with E-state index in [1.165, 1.54) is 33.3 Å². The summed E-state index contributed by atoms with van der Waals surface area (Å²) in [5.74, 6) is 0.472. The van der Waals surface area contributed by atoms with Crippen molar-refractivity contribution in [1.29, 1.82) is 0 Å². The molecule has 1 N–H and O–H groups in total. The number of nitrogens with one attached hydrogen (secondary N) is 1. The van der Waals surface area contributed by atoms with Gasteiger partial charge in [0.05, 0.1) is 11.1 Å². The number of aromatic nitrogens is 1. The number of benzene rings is 1. The third-order valence-electron chi connectivity index (χ3n) is 10.5. The molecular weight excluding hydrogens is 556 g/mol. The van der Waals surface area contributed by atoms with E-state index in [-0.39, 0.29) is 12.0 Å². The van der Waals surface area contributed by atoms with Gasteiger partial charge in [0.25, 0.3) is 5.91 Å². The number of hydrogen-bond donors (Lipinski definition) is 1. The fourth-order valence-corrected chi connectivity index (χ4v) is 9.26. The first-order valence-electron chi connectivity index (χ1n) is 16.4. The van der Waals surface area contributed by atoms with Gasteiger partial charge in [-0.05, 0) is 102 Å². The van der Waals surface area contributed by atoms with Crippen molar-refractivity contribution in [3.05, 3.63) is 45.8 Å². The number of carbonyl (C=O) groups excluding carboxylic acids is 2. The Kier molecular flexibility index (Phi) is 7.67. The van der Waals surface area contributed by atoms with Crippen LogP contribution in [0.25, 0.3) is 21.5 Å². The first kappa shape index (κ1) is 29.1. The van der Waals surface area contributed by atoms with Gasteiger partial charge in [-0.2, -0.15) is 0 Å². The van der Waals surface area contributed by atoms with Crippen LogP contribution in [0.15, 0.2) is 24.3 Å². The van der Waals surface area contributed by atoms with E-state index in [0.29, 0.717) is 24.6 Å². The van der Waals surface area contributed by atoms with Crippen LogP contribution in [-0.2, 0) is 26.2 Å². The molecule has 0 spiro atoms. The summed E-state index contributed by atoms with van der Waals surface area (Å²) >= 11 is 1.76. The molecule has 43 heavy (non-hydrogen) atoms. The first-order valence-corrected chi connectivity index (χ1v) is 17.2. The molecule has 1 unspecified atom stereocenters. The third kappa shape index (κ3) is 5.33. The molecule has 230 valence electrons. The van der Waals surface area contributed by atoms with Gasteiger partial charge in [0, 0.05) is 61.7 Å². The lowest BCUT2D eigenvalue weighted by molar-refractivity contribution is -0.142. The zero-order valence-corrected chi connectivity index (χ0v) is 27.0. The van der Waals surface area contributed by atoms with E-state index in [9.17, 15) is 9.59 Å². The van der Waals surface area contributed by atoms with E-state index >= 15 is 0 Å². The largest absolute Gasteiger partial charge is 0.368 e. The number of rotatable bonds is 7. The Balaban J connectivity index is 1.13. The van der Waals surface area contributed by atoms with Gasteiger partial charge in [0.15, 0.2) is 0 Å². The molecule has 7 rings (SSSR count). The van der Waals surface area contributed by atoms with Crippen LogP contribution in [0, 0.1) is 13.8 Å². The first-order chi connectivity index (χ1) is 20.7. The number of nitrogens with zero attached hydrogens (tertiary/aromatic N) is 3. The summed E-state index contributed by atoms with van der Waals surface area (Å²) in [5.41, 5.74) is 5.75. The monoisotopic (exact) mass is 602 g/mol. The van der Waals surface area contributed by atoms with Crippen LogP contribution in [0.3, 0.4) is 0 Å². The van der Waals surface area contributed by atoms with Crippen LogP contribution in [0.4, 0.5) is 0 Å². The molecule has 1 atom stereocenters. The molecule has 4 aliphatic rings. The second kappa shape index (κ2) is 11.4. The van der Waals surface area contributed by atoms with E-state index in [0.717, 1.165) is 87.4 Å². The van der Waals surface area contributed by atoms with Crippen molar-refractivity contribution in [2.24, 2.45) is 0 Å². The lowest BCUT2D eigenvalue weighted by Gasteiger charge is -2.35. The molecule has 4 aliphatic heterocycles. The second-order valence-electron chi connectivity index (χ2n) is 13.9. The summed E-state index contributed by atoms with van der Waals surface area (Å²) in [7, 11) is 0. The molecule has 4 saturated heterocycles. The van der Waals surface area contributed by atoms with Gasteiger partial charge in [0.2, 0.25) is 5.91 Å². The highest BCUT2D eigenvalue weighted by molar-refractivity contribution is 7.19. The minimum atomic E-state index is -0.543. The fourth-order valence-electron chi connectivity index (χ4n) is 8.08. The van der Waals surface area contributed by atoms with Crippen LogP contribution in [0.2, 0.25) is 0 Å². The van der Waals surface area contributed by atoms with E-state index in [1.807, 2.05) is 4.90 Å². The Bertz CT molecular complexity index is 1480. The van der Waals surface area contributed by atoms with Crippen LogP contribution in [-0.4, -0.2) is 89.0 Å². The van der Waals surface area contributed by atoms with Gasteiger partial charge in [-0.25, -0.2) is 0 Å². The molecule has 0 saturated carbocycles. The Morgan fingerprint density at radius 2 is 1.63 bits per heavy atom. The average Bonchev–Trinajstić information content (AvgIpc) is 3.82. The molecule has 2 bridgehead atoms. The van der Waals surface area contributed by atoms with Gasteiger partial charge < -0.3 is 19.5 Å². The van der Waals surface area contributed by atoms with E-state index < -0.39 is 5.41 Å². The minimum Gasteiger partial charge on any atom is -0.368 e. The summed E-state index contributed by atoms with van der Waals surface area (Å²) in [5, 5.41) is 1.26. The topological polar surface area (TPSA) is 68.9 Å². The minimum absolute atomic E-state index is 0.173. The van der Waals surface area contributed by atoms with Crippen molar-refractivity contribution in [3.63, 3.8) is 0 Å². The maximum absolute atomic E-state index is 13.9. The molecule has 2 aromatic heterocycles. The van der Waals surface area contributed by atoms with Gasteiger partial charge in [0.1, 0.15) is 10.9 Å². The number of amides is 2. The number of H-pyrrole nitrogens is 1. The summed E-state index contributed by atoms with van der Waals surface area (Å²) in [6, 6.07) is 9.97. The maximum atomic E-state index is 13.9. The lowest BCUT2D eigenvalue weighted by Crippen LogP contribution is -2.51. The summed E-state index contributed by atoms with van der Waals surface area (Å²) in [4.78, 5) is 39.7. The summed E-state index contributed by atoms with van der Waals surface area (Å²) in [6.07, 6.45) is 7.19. The summed E-state index contributed by atoms with van der Waals surface area (Å²) < 4.78 is 5.66.